The van der Waals surface area contributed by atoms with Crippen LogP contribution >= 0.6 is 0 Å². The molecule has 0 amide bonds. The van der Waals surface area contributed by atoms with E-state index in [0.717, 1.165) is 5.56 Å². The van der Waals surface area contributed by atoms with Crippen LogP contribution in [0, 0.1) is 18.3 Å². The van der Waals surface area contributed by atoms with Crippen LogP contribution in [0.15, 0.2) is 39.2 Å². The van der Waals surface area contributed by atoms with E-state index in [2.05, 4.69) is 0 Å². The zero-order valence-corrected chi connectivity index (χ0v) is 13.7. The summed E-state index contributed by atoms with van der Waals surface area (Å²) in [5.41, 5.74) is 0.866. The Morgan fingerprint density at radius 1 is 1.46 bits per heavy atom. The lowest BCUT2D eigenvalue weighted by molar-refractivity contribution is -0.145. The lowest BCUT2D eigenvalue weighted by Gasteiger charge is -2.11. The monoisotopic (exact) mass is 327 g/mol. The van der Waals surface area contributed by atoms with Crippen molar-refractivity contribution in [2.24, 2.45) is 0 Å². The van der Waals surface area contributed by atoms with Gasteiger partial charge in [0.2, 0.25) is 0 Å². The normalized spacial score (nSPS) is 12.7. The quantitative estimate of drug-likeness (QED) is 0.476. The molecule has 0 aliphatic heterocycles. The molecule has 1 heterocycles. The maximum atomic E-state index is 12.5. The predicted molar refractivity (Wildman–Crippen MR) is 88.2 cm³/mol. The van der Waals surface area contributed by atoms with Crippen LogP contribution in [-0.2, 0) is 14.3 Å². The van der Waals surface area contributed by atoms with Crippen LogP contribution in [0.3, 0.4) is 0 Å². The summed E-state index contributed by atoms with van der Waals surface area (Å²) in [6, 6.07) is 6.98. The summed E-state index contributed by atoms with van der Waals surface area (Å²) in [5, 5.41) is 9.56. The van der Waals surface area contributed by atoms with Gasteiger partial charge in [-0.25, -0.2) is 4.79 Å². The molecule has 0 aliphatic carbocycles. The van der Waals surface area contributed by atoms with Crippen molar-refractivity contribution in [3.63, 3.8) is 0 Å². The Labute approximate surface area is 138 Å². The zero-order chi connectivity index (χ0) is 17.7. The van der Waals surface area contributed by atoms with E-state index in [1.165, 1.54) is 19.4 Å². The average Bonchev–Trinajstić information content (AvgIpc) is 2.55. The number of nitriles is 1. The van der Waals surface area contributed by atoms with E-state index in [1.54, 1.807) is 25.1 Å². The van der Waals surface area contributed by atoms with Gasteiger partial charge in [0.05, 0.1) is 17.6 Å². The Hall–Kier alpha value is -2.91. The molecule has 6 nitrogen and oxygen atoms in total. The van der Waals surface area contributed by atoms with Gasteiger partial charge in [0.25, 0.3) is 0 Å². The first-order valence-electron chi connectivity index (χ1n) is 7.30. The lowest BCUT2D eigenvalue weighted by atomic mass is 10.1. The average molecular weight is 327 g/mol. The number of ether oxygens (including phenoxy) is 2. The molecule has 0 N–H and O–H groups in total. The van der Waals surface area contributed by atoms with Crippen LogP contribution in [0.2, 0.25) is 0 Å². The minimum Gasteiger partial charge on any atom is -0.463 e. The van der Waals surface area contributed by atoms with E-state index in [9.17, 15) is 9.59 Å². The standard InChI is InChI=1S/C18H17NO5/c1-11-4-5-16-15(6-11)17(20)14(10-23-16)7-13(8-19)18(21)24-12(2)9-22-3/h4-7,10,12H,9H2,1-3H3/b13-7-. The summed E-state index contributed by atoms with van der Waals surface area (Å²) in [7, 11) is 1.48. The van der Waals surface area contributed by atoms with Crippen molar-refractivity contribution >= 4 is 23.0 Å². The number of benzene rings is 1. The third-order valence-corrected chi connectivity index (χ3v) is 3.30. The number of carbonyl (C=O) groups excluding carboxylic acids is 1. The topological polar surface area (TPSA) is 89.5 Å². The van der Waals surface area contributed by atoms with E-state index in [4.69, 9.17) is 19.2 Å². The third-order valence-electron chi connectivity index (χ3n) is 3.30. The fourth-order valence-corrected chi connectivity index (χ4v) is 2.17. The summed E-state index contributed by atoms with van der Waals surface area (Å²) in [6.07, 6.45) is 1.90. The van der Waals surface area contributed by atoms with Gasteiger partial charge in [0.1, 0.15) is 29.6 Å². The van der Waals surface area contributed by atoms with Gasteiger partial charge < -0.3 is 13.9 Å². The molecule has 0 fully saturated rings. The van der Waals surface area contributed by atoms with Crippen LogP contribution < -0.4 is 5.43 Å². The first kappa shape index (κ1) is 17.4. The summed E-state index contributed by atoms with van der Waals surface area (Å²) < 4.78 is 15.3. The Kier molecular flexibility index (Phi) is 5.51. The van der Waals surface area contributed by atoms with Crippen molar-refractivity contribution < 1.29 is 18.7 Å². The van der Waals surface area contributed by atoms with Crippen LogP contribution in [0.25, 0.3) is 17.0 Å². The Balaban J connectivity index is 2.39. The molecule has 0 saturated heterocycles. The summed E-state index contributed by atoms with van der Waals surface area (Å²) >= 11 is 0. The molecule has 6 heteroatoms. The molecule has 24 heavy (non-hydrogen) atoms. The second-order valence-corrected chi connectivity index (χ2v) is 5.36. The number of fused-ring (bicyclic) bond motifs is 1. The van der Waals surface area contributed by atoms with Gasteiger partial charge in [-0.1, -0.05) is 11.6 Å². The molecule has 1 unspecified atom stereocenters. The molecular formula is C18H17NO5. The Morgan fingerprint density at radius 2 is 2.21 bits per heavy atom. The Morgan fingerprint density at radius 3 is 2.88 bits per heavy atom. The third kappa shape index (κ3) is 3.89. The molecule has 2 aromatic rings. The largest absolute Gasteiger partial charge is 0.463 e. The van der Waals surface area contributed by atoms with Gasteiger partial charge in [0.15, 0.2) is 5.43 Å². The summed E-state index contributed by atoms with van der Waals surface area (Å²) in [6.45, 7) is 3.71. The van der Waals surface area contributed by atoms with Gasteiger partial charge in [-0.2, -0.15) is 5.26 Å². The van der Waals surface area contributed by atoms with Crippen molar-refractivity contribution in [2.45, 2.75) is 20.0 Å². The number of carbonyl (C=O) groups is 1. The van der Waals surface area contributed by atoms with E-state index in [1.807, 2.05) is 13.0 Å². The molecule has 124 valence electrons. The summed E-state index contributed by atoms with van der Waals surface area (Å²) in [5.74, 6) is -0.814. The first-order chi connectivity index (χ1) is 11.5. The highest BCUT2D eigenvalue weighted by molar-refractivity contribution is 5.98. The van der Waals surface area contributed by atoms with Gasteiger partial charge in [-0.05, 0) is 32.1 Å². The highest BCUT2D eigenvalue weighted by Gasteiger charge is 2.16. The van der Waals surface area contributed by atoms with Crippen molar-refractivity contribution in [1.29, 1.82) is 5.26 Å². The fourth-order valence-electron chi connectivity index (χ4n) is 2.17. The van der Waals surface area contributed by atoms with Crippen molar-refractivity contribution in [2.75, 3.05) is 13.7 Å². The molecule has 1 aromatic carbocycles. The van der Waals surface area contributed by atoms with Gasteiger partial charge in [0, 0.05) is 7.11 Å². The molecule has 0 radical (unpaired) electrons. The molecule has 0 spiro atoms. The van der Waals surface area contributed by atoms with Crippen LogP contribution in [0.1, 0.15) is 18.1 Å². The van der Waals surface area contributed by atoms with Gasteiger partial charge in [-0.15, -0.1) is 0 Å². The van der Waals surface area contributed by atoms with Crippen molar-refractivity contribution in [3.8, 4) is 6.07 Å². The highest BCUT2D eigenvalue weighted by Crippen LogP contribution is 2.15. The number of methoxy groups -OCH3 is 1. The van der Waals surface area contributed by atoms with E-state index >= 15 is 0 Å². The van der Waals surface area contributed by atoms with Crippen LogP contribution in [0.5, 0.6) is 0 Å². The first-order valence-corrected chi connectivity index (χ1v) is 7.30. The molecule has 0 saturated carbocycles. The number of nitrogens with zero attached hydrogens (tertiary/aromatic N) is 1. The highest BCUT2D eigenvalue weighted by atomic mass is 16.6. The minimum absolute atomic E-state index is 0.112. The Bertz CT molecular complexity index is 888. The molecule has 1 atom stereocenters. The smallest absolute Gasteiger partial charge is 0.349 e. The molecule has 0 aliphatic rings. The maximum absolute atomic E-state index is 12.5. The fraction of sp³-hybridized carbons (Fsp3) is 0.278. The second-order valence-electron chi connectivity index (χ2n) is 5.36. The van der Waals surface area contributed by atoms with Crippen molar-refractivity contribution in [1.82, 2.24) is 0 Å². The van der Waals surface area contributed by atoms with E-state index in [0.29, 0.717) is 11.0 Å². The minimum atomic E-state index is -0.814. The van der Waals surface area contributed by atoms with Crippen molar-refractivity contribution in [3.05, 3.63) is 51.4 Å². The van der Waals surface area contributed by atoms with Gasteiger partial charge in [-0.3, -0.25) is 4.79 Å². The number of hydrogen-bond donors (Lipinski definition) is 0. The molecule has 1 aromatic heterocycles. The lowest BCUT2D eigenvalue weighted by Crippen LogP contribution is -2.20. The number of aryl methyl sites for hydroxylation is 1. The van der Waals surface area contributed by atoms with Crippen LogP contribution in [-0.4, -0.2) is 25.8 Å². The number of hydrogen-bond acceptors (Lipinski definition) is 6. The molecular weight excluding hydrogens is 310 g/mol. The van der Waals surface area contributed by atoms with Gasteiger partial charge >= 0.3 is 5.97 Å². The SMILES string of the molecule is COCC(C)OC(=O)/C(C#N)=C\c1coc2ccc(C)cc2c1=O. The predicted octanol–water partition coefficient (Wildman–Crippen LogP) is 2.59. The number of rotatable bonds is 5. The molecule has 0 bridgehead atoms. The van der Waals surface area contributed by atoms with E-state index in [-0.39, 0.29) is 23.2 Å². The number of esters is 1. The van der Waals surface area contributed by atoms with Crippen LogP contribution in [0.4, 0.5) is 0 Å². The van der Waals surface area contributed by atoms with E-state index < -0.39 is 12.1 Å². The summed E-state index contributed by atoms with van der Waals surface area (Å²) in [4.78, 5) is 24.5. The zero-order valence-electron chi connectivity index (χ0n) is 13.7. The second kappa shape index (κ2) is 7.57. The maximum Gasteiger partial charge on any atom is 0.349 e. The molecule has 2 rings (SSSR count).